The molecule has 1 aromatic rings. The zero-order chi connectivity index (χ0) is 51.8. The first kappa shape index (κ1) is 59.0. The van der Waals surface area contributed by atoms with Crippen LogP contribution in [-0.4, -0.2) is 119 Å². The van der Waals surface area contributed by atoms with Gasteiger partial charge in [0.25, 0.3) is 15.9 Å². The molecule has 23 nitrogen and oxygen atoms in total. The molecule has 0 aromatic heterocycles. The van der Waals surface area contributed by atoms with Crippen LogP contribution in [0.3, 0.4) is 0 Å². The average molecular weight is 996 g/mol. The van der Waals surface area contributed by atoms with Crippen LogP contribution in [0.15, 0.2) is 35.2 Å². The van der Waals surface area contributed by atoms with Gasteiger partial charge in [-0.3, -0.25) is 47.9 Å². The van der Waals surface area contributed by atoms with Gasteiger partial charge in [0.2, 0.25) is 29.5 Å². The summed E-state index contributed by atoms with van der Waals surface area (Å²) < 4.78 is 28.1. The summed E-state index contributed by atoms with van der Waals surface area (Å²) in [6.07, 6.45) is 1.75. The van der Waals surface area contributed by atoms with Gasteiger partial charge in [-0.1, -0.05) is 97.8 Å². The first-order valence-corrected chi connectivity index (χ1v) is 24.7. The Kier molecular flexibility index (Phi) is 25.3. The van der Waals surface area contributed by atoms with Crippen LogP contribution >= 0.6 is 0 Å². The molecule has 0 spiro atoms. The third-order valence-corrected chi connectivity index (χ3v) is 12.8. The van der Waals surface area contributed by atoms with E-state index in [9.17, 15) is 66.6 Å². The zero-order valence-electron chi connectivity index (χ0n) is 39.7. The summed E-state index contributed by atoms with van der Waals surface area (Å²) in [5.41, 5.74) is 1.94. The summed E-state index contributed by atoms with van der Waals surface area (Å²) in [5.74, 6) is -11.8. The Balaban J connectivity index is 2.39. The van der Waals surface area contributed by atoms with Gasteiger partial charge in [-0.05, 0) is 55.6 Å². The molecule has 386 valence electrons. The van der Waals surface area contributed by atoms with Crippen LogP contribution in [-0.2, 0) is 62.8 Å². The Bertz CT molecular complexity index is 2050. The summed E-state index contributed by atoms with van der Waals surface area (Å²) in [4.78, 5) is 134. The molecule has 2 rings (SSSR count). The van der Waals surface area contributed by atoms with Crippen molar-refractivity contribution in [3.05, 3.63) is 30.3 Å². The normalized spacial score (nSPS) is 15.9. The fourth-order valence-electron chi connectivity index (χ4n) is 7.44. The summed E-state index contributed by atoms with van der Waals surface area (Å²) in [5, 5.41) is 40.5. The standard InChI is InChI=1S/C45H69N7O16S/c1-6-14-30(44(64)52-69(66,67)29-17-12-9-13-18-29)46-41(61)33(24-28-15-10-8-11-16-28)49-45(65)39(27(5)7-2)50-42(62)32(23-26(3)4)48-40(60)31(19-20-35(53)54)47-43(63)34(25-37(57)58)51-68-38(59)22-21-36(55)56/h9,12-13,17-18,26-28,30-34,39,51H,6-8,10-11,14-16,19-25H2,1-5H3,(H,46,61)(H,47,63)(H,48,60)(H,49,65)(H,50,62)(H,52,64)(H,53,54)(H,55,56)(H,57,58)/t27?,30-,31+,32-,33-,34-,39-/m0/s1. The molecule has 0 saturated heterocycles. The number of sulfonamides is 1. The number of carboxylic acid groups (broad SMARTS) is 3. The predicted molar refractivity (Wildman–Crippen MR) is 245 cm³/mol. The molecule has 1 fully saturated rings. The van der Waals surface area contributed by atoms with Crippen LogP contribution in [0, 0.1) is 17.8 Å². The number of hydroxylamine groups is 1. The Morgan fingerprint density at radius 2 is 1.16 bits per heavy atom. The highest BCUT2D eigenvalue weighted by molar-refractivity contribution is 7.90. The third kappa shape index (κ3) is 21.8. The molecule has 7 atom stereocenters. The molecule has 24 heteroatoms. The second-order valence-corrected chi connectivity index (χ2v) is 19.3. The van der Waals surface area contributed by atoms with Gasteiger partial charge in [-0.2, -0.15) is 0 Å². The van der Waals surface area contributed by atoms with Crippen molar-refractivity contribution < 1.29 is 76.5 Å². The average Bonchev–Trinajstić information content (AvgIpc) is 3.29. The topological polar surface area (TPSA) is 359 Å². The smallest absolute Gasteiger partial charge is 0.325 e. The molecular formula is C45H69N7O16S. The van der Waals surface area contributed by atoms with Crippen LogP contribution in [0.4, 0.5) is 0 Å². The van der Waals surface area contributed by atoms with E-state index in [0.29, 0.717) is 12.8 Å². The molecule has 1 saturated carbocycles. The number of carbonyl (C=O) groups is 10. The predicted octanol–water partition coefficient (Wildman–Crippen LogP) is 1.40. The minimum atomic E-state index is -4.29. The number of benzene rings is 1. The van der Waals surface area contributed by atoms with Crippen LogP contribution in [0.5, 0.6) is 0 Å². The number of carbonyl (C=O) groups excluding carboxylic acids is 7. The van der Waals surface area contributed by atoms with Crippen LogP contribution in [0.1, 0.15) is 131 Å². The highest BCUT2D eigenvalue weighted by Gasteiger charge is 2.37. The molecule has 1 aromatic carbocycles. The van der Waals surface area contributed by atoms with Gasteiger partial charge < -0.3 is 46.7 Å². The van der Waals surface area contributed by atoms with Gasteiger partial charge in [0, 0.05) is 6.42 Å². The van der Waals surface area contributed by atoms with E-state index in [1.807, 2.05) is 10.2 Å². The molecule has 0 aliphatic heterocycles. The lowest BCUT2D eigenvalue weighted by atomic mass is 9.84. The number of nitrogens with one attached hydrogen (secondary N) is 7. The second-order valence-electron chi connectivity index (χ2n) is 17.6. The van der Waals surface area contributed by atoms with Crippen LogP contribution in [0.25, 0.3) is 0 Å². The van der Waals surface area contributed by atoms with Crippen LogP contribution < -0.4 is 36.8 Å². The first-order valence-electron chi connectivity index (χ1n) is 23.2. The number of carboxylic acids is 3. The largest absolute Gasteiger partial charge is 0.481 e. The molecule has 0 bridgehead atoms. The van der Waals surface area contributed by atoms with E-state index in [1.54, 1.807) is 40.7 Å². The second kappa shape index (κ2) is 29.7. The SMILES string of the molecule is CCC[C@H](NC(=O)[C@H](CC1CCCCC1)NC(=O)[C@@H](NC(=O)[C@H](CC(C)C)NC(=O)[C@@H](CCC(=O)O)NC(=O)[C@H](CC(=O)O)NOC(=O)CCC(=O)O)C(C)CC)C(=O)NS(=O)(=O)c1ccccc1. The lowest BCUT2D eigenvalue weighted by Crippen LogP contribution is -2.61. The van der Waals surface area contributed by atoms with E-state index in [1.165, 1.54) is 24.3 Å². The fourth-order valence-corrected chi connectivity index (χ4v) is 8.48. The number of hydrogen-bond acceptors (Lipinski definition) is 14. The molecule has 1 aliphatic carbocycles. The molecule has 10 N–H and O–H groups in total. The van der Waals surface area contributed by atoms with Crippen LogP contribution in [0.2, 0.25) is 0 Å². The maximum atomic E-state index is 14.3. The molecule has 6 amide bonds. The molecule has 1 unspecified atom stereocenters. The monoisotopic (exact) mass is 995 g/mol. The third-order valence-electron chi connectivity index (χ3n) is 11.4. The summed E-state index contributed by atoms with van der Waals surface area (Å²) >= 11 is 0. The Hall–Kier alpha value is -6.17. The molecule has 0 radical (unpaired) electrons. The minimum Gasteiger partial charge on any atom is -0.481 e. The number of amides is 6. The summed E-state index contributed by atoms with van der Waals surface area (Å²) in [6.45, 7) is 8.63. The van der Waals surface area contributed by atoms with Crippen molar-refractivity contribution in [3.8, 4) is 0 Å². The summed E-state index contributed by atoms with van der Waals surface area (Å²) in [6, 6.07) is -1.54. The van der Waals surface area contributed by atoms with Crippen molar-refractivity contribution in [2.75, 3.05) is 0 Å². The maximum absolute atomic E-state index is 14.3. The maximum Gasteiger partial charge on any atom is 0.325 e. The van der Waals surface area contributed by atoms with E-state index in [2.05, 4.69) is 31.4 Å². The Morgan fingerprint density at radius 1 is 0.623 bits per heavy atom. The van der Waals surface area contributed by atoms with Crippen molar-refractivity contribution in [2.45, 2.75) is 172 Å². The minimum absolute atomic E-state index is 0.0116. The van der Waals surface area contributed by atoms with E-state index < -0.39 is 144 Å². The van der Waals surface area contributed by atoms with Crippen molar-refractivity contribution in [1.82, 2.24) is 36.8 Å². The van der Waals surface area contributed by atoms with Gasteiger partial charge in [-0.15, -0.1) is 5.48 Å². The van der Waals surface area contributed by atoms with Crippen molar-refractivity contribution in [2.24, 2.45) is 17.8 Å². The Morgan fingerprint density at radius 3 is 1.71 bits per heavy atom. The van der Waals surface area contributed by atoms with Gasteiger partial charge >= 0.3 is 23.9 Å². The number of hydrogen-bond donors (Lipinski definition) is 10. The highest BCUT2D eigenvalue weighted by atomic mass is 32.2. The van der Waals surface area contributed by atoms with Crippen molar-refractivity contribution in [3.63, 3.8) is 0 Å². The molecule has 0 heterocycles. The van der Waals surface area contributed by atoms with Crippen molar-refractivity contribution >= 4 is 69.3 Å². The Labute approximate surface area is 401 Å². The van der Waals surface area contributed by atoms with Gasteiger partial charge in [0.1, 0.15) is 36.3 Å². The molecule has 1 aliphatic rings. The lowest BCUT2D eigenvalue weighted by molar-refractivity contribution is -0.159. The molecular weight excluding hydrogens is 927 g/mol. The first-order chi connectivity index (χ1) is 32.5. The molecule has 69 heavy (non-hydrogen) atoms. The zero-order valence-corrected chi connectivity index (χ0v) is 40.6. The fraction of sp³-hybridized carbons (Fsp3) is 0.644. The van der Waals surface area contributed by atoms with Crippen molar-refractivity contribution in [1.29, 1.82) is 0 Å². The number of aliphatic carboxylic acids is 3. The van der Waals surface area contributed by atoms with E-state index in [-0.39, 0.29) is 36.0 Å². The summed E-state index contributed by atoms with van der Waals surface area (Å²) in [7, 11) is -4.29. The van der Waals surface area contributed by atoms with E-state index in [4.69, 9.17) is 5.11 Å². The van der Waals surface area contributed by atoms with Gasteiger partial charge in [0.05, 0.1) is 24.2 Å². The van der Waals surface area contributed by atoms with E-state index >= 15 is 0 Å². The highest BCUT2D eigenvalue weighted by Crippen LogP contribution is 2.28. The van der Waals surface area contributed by atoms with Gasteiger partial charge in [-0.25, -0.2) is 13.1 Å². The quantitative estimate of drug-likeness (QED) is 0.0470. The number of rotatable bonds is 31. The van der Waals surface area contributed by atoms with Gasteiger partial charge in [0.15, 0.2) is 0 Å². The van der Waals surface area contributed by atoms with E-state index in [0.717, 1.165) is 32.1 Å². The lowest BCUT2D eigenvalue weighted by Gasteiger charge is -2.31.